The third kappa shape index (κ3) is 6.55. The van der Waals surface area contributed by atoms with Gasteiger partial charge in [0.15, 0.2) is 0 Å². The van der Waals surface area contributed by atoms with E-state index in [9.17, 15) is 8.42 Å². The van der Waals surface area contributed by atoms with Crippen LogP contribution in [0.4, 0.5) is 0 Å². The molecule has 0 saturated heterocycles. The molecule has 1 atom stereocenters. The first-order valence-corrected chi connectivity index (χ1v) is 17.8. The summed E-state index contributed by atoms with van der Waals surface area (Å²) in [7, 11) is -3.90. The molecular formula is C34H29ClNO2PS2. The molecule has 0 spiro atoms. The molecule has 3 nitrogen and oxygen atoms in total. The summed E-state index contributed by atoms with van der Waals surface area (Å²) in [6, 6.07) is 41.5. The summed E-state index contributed by atoms with van der Waals surface area (Å²) >= 11 is 13.3. The highest BCUT2D eigenvalue weighted by atomic mass is 35.5. The van der Waals surface area contributed by atoms with Gasteiger partial charge in [-0.2, -0.15) is 0 Å². The van der Waals surface area contributed by atoms with E-state index in [0.29, 0.717) is 10.7 Å². The smallest absolute Gasteiger partial charge is 0.261 e. The molecular weight excluding hydrogens is 585 g/mol. The highest BCUT2D eigenvalue weighted by molar-refractivity contribution is 8.22. The van der Waals surface area contributed by atoms with E-state index >= 15 is 0 Å². The lowest BCUT2D eigenvalue weighted by atomic mass is 10.1. The molecule has 5 aromatic rings. The first kappa shape index (κ1) is 29.0. The topological polar surface area (TPSA) is 46.2 Å². The van der Waals surface area contributed by atoms with Crippen LogP contribution in [0, 0.1) is 6.92 Å². The van der Waals surface area contributed by atoms with Crippen LogP contribution in [0.5, 0.6) is 0 Å². The van der Waals surface area contributed by atoms with Gasteiger partial charge in [-0.25, -0.2) is 8.42 Å². The van der Waals surface area contributed by atoms with Crippen LogP contribution in [0.25, 0.3) is 5.70 Å². The highest BCUT2D eigenvalue weighted by Crippen LogP contribution is 2.59. The van der Waals surface area contributed by atoms with Crippen LogP contribution in [0.1, 0.15) is 22.3 Å². The molecule has 0 radical (unpaired) electrons. The SMILES string of the molecule is Cc1ccc(S(=O)(=O)N/C(=C\[C@H](c2cccc(Cl)c2)P(=S)(c2ccccc2)c2ccccc2)c2ccccc2)cc1. The van der Waals surface area contributed by atoms with Gasteiger partial charge in [0.05, 0.1) is 10.6 Å². The second-order valence-electron chi connectivity index (χ2n) is 9.69. The monoisotopic (exact) mass is 613 g/mol. The molecule has 5 rings (SSSR count). The average molecular weight is 614 g/mol. The number of hydrogen-bond donors (Lipinski definition) is 1. The number of halogens is 1. The van der Waals surface area contributed by atoms with Gasteiger partial charge in [0, 0.05) is 16.7 Å². The Kier molecular flexibility index (Phi) is 8.91. The Bertz CT molecular complexity index is 1770. The highest BCUT2D eigenvalue weighted by Gasteiger charge is 2.33. The normalized spacial score (nSPS) is 13.0. The van der Waals surface area contributed by atoms with Gasteiger partial charge in [-0.3, -0.25) is 4.72 Å². The summed E-state index contributed by atoms with van der Waals surface area (Å²) < 4.78 is 30.3. The number of aryl methyl sites for hydroxylation is 1. The van der Waals surface area contributed by atoms with Gasteiger partial charge in [-0.15, -0.1) is 0 Å². The predicted octanol–water partition coefficient (Wildman–Crippen LogP) is 7.84. The summed E-state index contributed by atoms with van der Waals surface area (Å²) in [5.41, 5.74) is 2.71. The number of allylic oxidation sites excluding steroid dienone is 1. The summed E-state index contributed by atoms with van der Waals surface area (Å²) in [5, 5.41) is 2.64. The molecule has 0 fully saturated rings. The van der Waals surface area contributed by atoms with Crippen molar-refractivity contribution in [1.29, 1.82) is 0 Å². The van der Waals surface area contributed by atoms with Crippen molar-refractivity contribution in [3.05, 3.63) is 167 Å². The molecule has 0 heterocycles. The third-order valence-electron chi connectivity index (χ3n) is 6.85. The first-order valence-electron chi connectivity index (χ1n) is 13.1. The van der Waals surface area contributed by atoms with Gasteiger partial charge >= 0.3 is 0 Å². The van der Waals surface area contributed by atoms with Crippen LogP contribution in [0.3, 0.4) is 0 Å². The number of rotatable bonds is 9. The van der Waals surface area contributed by atoms with Crippen LogP contribution in [0.2, 0.25) is 5.02 Å². The Morgan fingerprint density at radius 3 is 1.83 bits per heavy atom. The van der Waals surface area contributed by atoms with Crippen molar-refractivity contribution >= 4 is 55.8 Å². The number of nitrogens with one attached hydrogen (secondary N) is 1. The summed E-state index contributed by atoms with van der Waals surface area (Å²) in [6.07, 6.45) is 1.98. The maximum absolute atomic E-state index is 13.7. The van der Waals surface area contributed by atoms with Crippen molar-refractivity contribution in [3.8, 4) is 0 Å². The zero-order valence-corrected chi connectivity index (χ0v) is 25.7. The average Bonchev–Trinajstić information content (AvgIpc) is 3.00. The van der Waals surface area contributed by atoms with E-state index in [2.05, 4.69) is 29.0 Å². The Morgan fingerprint density at radius 1 is 0.756 bits per heavy atom. The van der Waals surface area contributed by atoms with Gasteiger partial charge in [0.25, 0.3) is 10.0 Å². The quantitative estimate of drug-likeness (QED) is 0.172. The van der Waals surface area contributed by atoms with E-state index in [0.717, 1.165) is 27.3 Å². The van der Waals surface area contributed by atoms with Crippen molar-refractivity contribution in [2.24, 2.45) is 0 Å². The minimum absolute atomic E-state index is 0.190. The summed E-state index contributed by atoms with van der Waals surface area (Å²) in [6.45, 7) is 1.93. The van der Waals surface area contributed by atoms with E-state index in [1.165, 1.54) is 0 Å². The maximum atomic E-state index is 13.7. The van der Waals surface area contributed by atoms with Crippen LogP contribution in [-0.4, -0.2) is 8.42 Å². The van der Waals surface area contributed by atoms with Crippen molar-refractivity contribution in [2.45, 2.75) is 17.5 Å². The number of hydrogen-bond acceptors (Lipinski definition) is 3. The third-order valence-corrected chi connectivity index (χ3v) is 13.8. The Hall–Kier alpha value is -3.47. The van der Waals surface area contributed by atoms with Crippen LogP contribution in [0.15, 0.2) is 150 Å². The molecule has 0 bridgehead atoms. The Labute approximate surface area is 252 Å². The molecule has 0 saturated carbocycles. The molecule has 0 aromatic heterocycles. The number of benzene rings is 5. The molecule has 0 aliphatic rings. The van der Waals surface area contributed by atoms with Gasteiger partial charge in [0.1, 0.15) is 0 Å². The fourth-order valence-corrected chi connectivity index (χ4v) is 10.4. The fraction of sp³-hybridized carbons (Fsp3) is 0.0588. The molecule has 0 aliphatic carbocycles. The van der Waals surface area contributed by atoms with Crippen LogP contribution >= 0.6 is 17.6 Å². The van der Waals surface area contributed by atoms with E-state index in [4.69, 9.17) is 23.4 Å². The van der Waals surface area contributed by atoms with Crippen molar-refractivity contribution in [3.63, 3.8) is 0 Å². The minimum atomic E-state index is -3.90. The molecule has 0 unspecified atom stereocenters. The molecule has 5 aromatic carbocycles. The van der Waals surface area contributed by atoms with Gasteiger partial charge in [0.2, 0.25) is 0 Å². The van der Waals surface area contributed by atoms with Crippen LogP contribution < -0.4 is 15.3 Å². The van der Waals surface area contributed by atoms with E-state index in [1.54, 1.807) is 24.3 Å². The van der Waals surface area contributed by atoms with Crippen LogP contribution in [-0.2, 0) is 21.8 Å². The molecule has 7 heteroatoms. The Balaban J connectivity index is 1.77. The Morgan fingerprint density at radius 2 is 1.29 bits per heavy atom. The molecule has 41 heavy (non-hydrogen) atoms. The lowest BCUT2D eigenvalue weighted by Gasteiger charge is -2.32. The van der Waals surface area contributed by atoms with Crippen molar-refractivity contribution in [2.75, 3.05) is 0 Å². The standard InChI is InChI=1S/C34H29ClNO2PS2/c1-26-20-22-32(23-21-26)41(37,38)36-33(27-12-5-2-6-13-27)25-34(28-14-11-15-29(35)24-28)39(40,30-16-7-3-8-17-30)31-18-9-4-10-19-31/h2-25,34,36H,1H3/b33-25-/t34-/m1/s1. The first-order chi connectivity index (χ1) is 19.8. The predicted molar refractivity (Wildman–Crippen MR) is 177 cm³/mol. The van der Waals surface area contributed by atoms with E-state index in [-0.39, 0.29) is 10.6 Å². The summed E-state index contributed by atoms with van der Waals surface area (Å²) in [4.78, 5) is 0.190. The molecule has 0 amide bonds. The zero-order valence-electron chi connectivity index (χ0n) is 22.4. The molecule has 0 aliphatic heterocycles. The van der Waals surface area contributed by atoms with E-state index in [1.807, 2.05) is 104 Å². The van der Waals surface area contributed by atoms with Crippen molar-refractivity contribution < 1.29 is 8.42 Å². The lowest BCUT2D eigenvalue weighted by Crippen LogP contribution is -2.25. The van der Waals surface area contributed by atoms with E-state index < -0.39 is 16.1 Å². The minimum Gasteiger partial charge on any atom is -0.279 e. The van der Waals surface area contributed by atoms with Gasteiger partial charge < -0.3 is 0 Å². The number of sulfonamides is 1. The lowest BCUT2D eigenvalue weighted by molar-refractivity contribution is 0.591. The zero-order chi connectivity index (χ0) is 28.9. The molecule has 206 valence electrons. The van der Waals surface area contributed by atoms with Gasteiger partial charge in [-0.05, 0) is 59.0 Å². The second-order valence-corrected chi connectivity index (χ2v) is 16.4. The largest absolute Gasteiger partial charge is 0.279 e. The molecule has 1 N–H and O–H groups in total. The van der Waals surface area contributed by atoms with Crippen molar-refractivity contribution in [1.82, 2.24) is 4.72 Å². The fourth-order valence-electron chi connectivity index (χ4n) is 4.76. The van der Waals surface area contributed by atoms with Gasteiger partial charge in [-0.1, -0.05) is 144 Å². The summed E-state index contributed by atoms with van der Waals surface area (Å²) in [5.74, 6) is 0. The second kappa shape index (κ2) is 12.6. The maximum Gasteiger partial charge on any atom is 0.261 e.